The van der Waals surface area contributed by atoms with Gasteiger partial charge in [0.25, 0.3) is 0 Å². The van der Waals surface area contributed by atoms with Crippen LogP contribution in [-0.4, -0.2) is 0 Å². The second-order valence-corrected chi connectivity index (χ2v) is 2.62. The third kappa shape index (κ3) is 2.07. The summed E-state index contributed by atoms with van der Waals surface area (Å²) in [4.78, 5) is 0. The van der Waals surface area contributed by atoms with E-state index in [0.29, 0.717) is 0 Å². The van der Waals surface area contributed by atoms with E-state index >= 15 is 0 Å². The maximum absolute atomic E-state index is 7.90. The van der Waals surface area contributed by atoms with E-state index in [-0.39, 0.29) is 5.56 Å². The highest BCUT2D eigenvalue weighted by molar-refractivity contribution is 5.26. The average Bonchev–Trinajstić information content (AvgIpc) is 2.31. The Morgan fingerprint density at radius 3 is 2.27 bits per heavy atom. The van der Waals surface area contributed by atoms with Gasteiger partial charge in [-0.25, -0.2) is 0 Å². The smallest absolute Gasteiger partial charge is 0.0590 e. The molecular weight excluding hydrogens is 132 g/mol. The number of hydrogen-bond acceptors (Lipinski definition) is 0. The van der Waals surface area contributed by atoms with Crippen LogP contribution >= 0.6 is 0 Å². The molecule has 0 N–H and O–H groups in total. The maximum Gasteiger partial charge on any atom is 0.0626 e. The lowest BCUT2D eigenvalue weighted by Crippen LogP contribution is -2.10. The monoisotopic (exact) mass is 158 g/mol. The van der Waals surface area contributed by atoms with Gasteiger partial charge in [0.1, 0.15) is 0 Å². The molecule has 0 atom stereocenters. The van der Waals surface area contributed by atoms with Crippen molar-refractivity contribution in [2.24, 2.45) is 0 Å². The minimum atomic E-state index is -3.02. The Labute approximate surface area is 83.3 Å². The Balaban J connectivity index is 3.96. The molecule has 0 spiro atoms. The molecule has 0 heterocycles. The molecule has 60 valence electrons. The Morgan fingerprint density at radius 2 is 1.82 bits per heavy atom. The molecule has 1 aromatic rings. The Kier molecular flexibility index (Phi) is 0.520. The van der Waals surface area contributed by atoms with Crippen molar-refractivity contribution in [1.82, 2.24) is 0 Å². The summed E-state index contributed by atoms with van der Waals surface area (Å²) >= 11 is 0. The van der Waals surface area contributed by atoms with Crippen LogP contribution in [0.2, 0.25) is 0 Å². The lowest BCUT2D eigenvalue weighted by molar-refractivity contribution is 0.590. The molecule has 0 unspecified atom stereocenters. The summed E-state index contributed by atoms with van der Waals surface area (Å²) in [6.45, 7) is -3.73. The molecule has 0 heteroatoms. The Morgan fingerprint density at radius 1 is 1.27 bits per heavy atom. The van der Waals surface area contributed by atoms with Crippen molar-refractivity contribution in [3.05, 3.63) is 35.3 Å². The average molecular weight is 158 g/mol. The molecule has 1 rings (SSSR count). The van der Waals surface area contributed by atoms with Crippen LogP contribution in [0, 0.1) is 6.92 Å². The van der Waals surface area contributed by atoms with Crippen molar-refractivity contribution >= 4 is 0 Å². The topological polar surface area (TPSA) is 0 Å². The van der Waals surface area contributed by atoms with E-state index in [1.54, 1.807) is 0 Å². The van der Waals surface area contributed by atoms with Crippen LogP contribution in [0.15, 0.2) is 24.2 Å². The van der Waals surface area contributed by atoms with Crippen LogP contribution in [0.25, 0.3) is 0 Å². The summed E-state index contributed by atoms with van der Waals surface area (Å²) in [6, 6.07) is -2.09. The molecule has 0 aromatic heterocycles. The predicted molar refractivity (Wildman–Crippen MR) is 49.9 cm³/mol. The van der Waals surface area contributed by atoms with Crippen LogP contribution in [0.1, 0.15) is 45.5 Å². The highest BCUT2D eigenvalue weighted by Gasteiger charge is 2.11. The molecule has 0 radical (unpaired) electrons. The van der Waals surface area contributed by atoms with Gasteiger partial charge in [-0.1, -0.05) is 50.4 Å². The van der Waals surface area contributed by atoms with Gasteiger partial charge in [-0.05, 0) is 17.9 Å². The van der Waals surface area contributed by atoms with E-state index in [2.05, 4.69) is 0 Å². The van der Waals surface area contributed by atoms with Crippen LogP contribution in [0.4, 0.5) is 0 Å². The van der Waals surface area contributed by atoms with Gasteiger partial charge < -0.3 is 0 Å². The zero-order chi connectivity index (χ0) is 17.0. The summed E-state index contributed by atoms with van der Waals surface area (Å²) in [6.07, 6.45) is 0. The van der Waals surface area contributed by atoms with Gasteiger partial charge in [-0.2, -0.15) is 0 Å². The van der Waals surface area contributed by atoms with Gasteiger partial charge in [0.15, 0.2) is 0 Å². The molecule has 0 aliphatic rings. The highest BCUT2D eigenvalue weighted by Crippen LogP contribution is 2.21. The predicted octanol–water partition coefficient (Wildman–Crippen LogP) is 3.29. The summed E-state index contributed by atoms with van der Waals surface area (Å²) in [5.74, 6) is 0. The quantitative estimate of drug-likeness (QED) is 0.543. The van der Waals surface area contributed by atoms with Crippen molar-refractivity contribution < 1.29 is 13.7 Å². The molecule has 1 aromatic carbocycles. The lowest BCUT2D eigenvalue weighted by atomic mass is 9.87. The van der Waals surface area contributed by atoms with Crippen molar-refractivity contribution in [1.29, 1.82) is 0 Å². The van der Waals surface area contributed by atoms with Gasteiger partial charge in [0.05, 0.1) is 5.48 Å². The molecule has 0 aliphatic carbocycles. The fourth-order valence-corrected chi connectivity index (χ4v) is 0.625. The van der Waals surface area contributed by atoms with Crippen LogP contribution in [0.5, 0.6) is 0 Å². The van der Waals surface area contributed by atoms with Gasteiger partial charge in [0, 0.05) is 8.22 Å². The molecule has 0 nitrogen and oxygen atoms in total. The summed E-state index contributed by atoms with van der Waals surface area (Å²) in [7, 11) is 0. The second-order valence-electron chi connectivity index (χ2n) is 2.62. The first-order valence-electron chi connectivity index (χ1n) is 8.25. The first-order valence-corrected chi connectivity index (χ1v) is 3.25. The lowest BCUT2D eigenvalue weighted by Gasteiger charge is -2.18. The van der Waals surface area contributed by atoms with Crippen molar-refractivity contribution in [3.8, 4) is 0 Å². The number of rotatable bonds is 0. The van der Waals surface area contributed by atoms with Crippen LogP contribution < -0.4 is 0 Å². The molecule has 11 heavy (non-hydrogen) atoms. The van der Waals surface area contributed by atoms with Crippen molar-refractivity contribution in [2.75, 3.05) is 0 Å². The first-order chi connectivity index (χ1) is 9.18. The molecule has 0 amide bonds. The summed E-state index contributed by atoms with van der Waals surface area (Å²) in [5.41, 5.74) is -3.04. The number of hydrogen-bond donors (Lipinski definition) is 0. The molecule has 0 aliphatic heterocycles. The van der Waals surface area contributed by atoms with Gasteiger partial charge in [-0.3, -0.25) is 0 Å². The number of benzene rings is 1. The third-order valence-electron chi connectivity index (χ3n) is 1.25. The molecule has 0 saturated carbocycles. The van der Waals surface area contributed by atoms with E-state index in [0.717, 1.165) is 6.92 Å². The standard InChI is InChI=1S/C11H16/c1-9-5-7-10(8-6-9)11(2,3)4/h5-8H,1-4H3/i2D3,3D3,5D,6D,7D,8D. The zero-order valence-electron chi connectivity index (χ0n) is 16.5. The van der Waals surface area contributed by atoms with Gasteiger partial charge >= 0.3 is 0 Å². The molecule has 0 bridgehead atoms. The molecular formula is C11H16. The van der Waals surface area contributed by atoms with Gasteiger partial charge in [-0.15, -0.1) is 0 Å². The van der Waals surface area contributed by atoms with Crippen molar-refractivity contribution in [3.63, 3.8) is 0 Å². The van der Waals surface area contributed by atoms with Crippen LogP contribution in [-0.2, 0) is 5.41 Å². The fourth-order valence-electron chi connectivity index (χ4n) is 0.625. The SMILES string of the molecule is [2H]c1c([2H])c(C(C)(C([2H])([2H])[2H])C([2H])([2H])[2H])c([2H])c([2H])c1C. The first kappa shape index (κ1) is 2.12. The minimum Gasteiger partial charge on any atom is -0.0590 e. The zero-order valence-corrected chi connectivity index (χ0v) is 6.50. The van der Waals surface area contributed by atoms with Gasteiger partial charge in [0.2, 0.25) is 0 Å². The van der Waals surface area contributed by atoms with E-state index in [9.17, 15) is 0 Å². The molecule has 0 saturated heterocycles. The van der Waals surface area contributed by atoms with E-state index in [4.69, 9.17) is 13.7 Å². The Hall–Kier alpha value is -0.780. The molecule has 0 fully saturated rings. The third-order valence-corrected chi connectivity index (χ3v) is 1.25. The highest BCUT2D eigenvalue weighted by atomic mass is 14.2. The second kappa shape index (κ2) is 2.69. The normalized spacial score (nSPS) is 27.1. The minimum absolute atomic E-state index is 0.0483. The van der Waals surface area contributed by atoms with Crippen LogP contribution in [0.3, 0.4) is 0 Å². The maximum atomic E-state index is 7.90. The fraction of sp³-hybridized carbons (Fsp3) is 0.455. The van der Waals surface area contributed by atoms with E-state index in [1.807, 2.05) is 0 Å². The van der Waals surface area contributed by atoms with E-state index < -0.39 is 48.9 Å². The largest absolute Gasteiger partial charge is 0.0626 e. The van der Waals surface area contributed by atoms with E-state index in [1.165, 1.54) is 6.92 Å². The Bertz CT molecular complexity index is 523. The summed E-state index contributed by atoms with van der Waals surface area (Å²) in [5, 5.41) is 0. The summed E-state index contributed by atoms with van der Waals surface area (Å²) < 4.78 is 76.6. The van der Waals surface area contributed by atoms with Crippen molar-refractivity contribution in [2.45, 2.75) is 33.0 Å².